The van der Waals surface area contributed by atoms with E-state index in [9.17, 15) is 4.79 Å². The van der Waals surface area contributed by atoms with Gasteiger partial charge in [0.15, 0.2) is 22.4 Å². The molecule has 140 valence electrons. The predicted octanol–water partition coefficient (Wildman–Crippen LogP) is 3.75. The summed E-state index contributed by atoms with van der Waals surface area (Å²) in [6, 6.07) is 11.3. The fraction of sp³-hybridized carbons (Fsp3) is 0.200. The molecule has 7 nitrogen and oxygen atoms in total. The summed E-state index contributed by atoms with van der Waals surface area (Å²) >= 11 is 1.45. The van der Waals surface area contributed by atoms with Crippen molar-refractivity contribution in [3.8, 4) is 10.8 Å². The van der Waals surface area contributed by atoms with E-state index in [0.717, 1.165) is 15.9 Å². The van der Waals surface area contributed by atoms with Crippen LogP contribution in [-0.2, 0) is 0 Å². The molecule has 0 fully saturated rings. The van der Waals surface area contributed by atoms with Gasteiger partial charge in [0.1, 0.15) is 5.69 Å². The van der Waals surface area contributed by atoms with E-state index in [4.69, 9.17) is 14.4 Å². The highest BCUT2D eigenvalue weighted by molar-refractivity contribution is 7.15. The van der Waals surface area contributed by atoms with E-state index in [1.165, 1.54) is 11.3 Å². The van der Waals surface area contributed by atoms with Crippen molar-refractivity contribution < 1.29 is 9.21 Å². The summed E-state index contributed by atoms with van der Waals surface area (Å²) in [7, 11) is 1.97. The van der Waals surface area contributed by atoms with Crippen LogP contribution in [0.25, 0.3) is 21.8 Å². The number of carbonyl (C=O) groups is 1. The number of furan rings is 1. The lowest BCUT2D eigenvalue weighted by atomic mass is 10.2. The lowest BCUT2D eigenvalue weighted by Gasteiger charge is -2.33. The molecule has 0 unspecified atom stereocenters. The molecule has 0 atom stereocenters. The highest BCUT2D eigenvalue weighted by Gasteiger charge is 2.31. The molecule has 1 amide bonds. The Bertz CT molecular complexity index is 1180. The molecule has 3 aromatic heterocycles. The minimum Gasteiger partial charge on any atom is -0.462 e. The Morgan fingerprint density at radius 2 is 1.79 bits per heavy atom. The van der Waals surface area contributed by atoms with E-state index in [2.05, 4.69) is 4.98 Å². The minimum atomic E-state index is -0.162. The van der Waals surface area contributed by atoms with Gasteiger partial charge >= 0.3 is 0 Å². The number of fused-ring (bicyclic) bond motifs is 2. The lowest BCUT2D eigenvalue weighted by molar-refractivity contribution is 0.0981. The molecule has 28 heavy (non-hydrogen) atoms. The van der Waals surface area contributed by atoms with Gasteiger partial charge in [-0.05, 0) is 31.2 Å². The zero-order valence-electron chi connectivity index (χ0n) is 15.4. The first-order valence-corrected chi connectivity index (χ1v) is 9.74. The van der Waals surface area contributed by atoms with E-state index < -0.39 is 0 Å². The molecule has 0 N–H and O–H groups in total. The number of hydrogen-bond acceptors (Lipinski definition) is 7. The van der Waals surface area contributed by atoms with Crippen molar-refractivity contribution in [2.75, 3.05) is 29.9 Å². The minimum absolute atomic E-state index is 0.162. The molecule has 0 saturated carbocycles. The van der Waals surface area contributed by atoms with Gasteiger partial charge in [-0.15, -0.1) is 11.3 Å². The smallest absolute Gasteiger partial charge is 0.279 e. The van der Waals surface area contributed by atoms with Crippen LogP contribution in [0.3, 0.4) is 0 Å². The second-order valence-electron chi connectivity index (χ2n) is 6.64. The van der Waals surface area contributed by atoms with E-state index in [0.29, 0.717) is 41.2 Å². The number of nitrogens with zero attached hydrogens (tertiary/aromatic N) is 5. The van der Waals surface area contributed by atoms with E-state index in [1.54, 1.807) is 11.2 Å². The van der Waals surface area contributed by atoms with Crippen LogP contribution in [0.5, 0.6) is 0 Å². The summed E-state index contributed by atoms with van der Waals surface area (Å²) in [5, 5.41) is 0.699. The Labute approximate surface area is 165 Å². The molecule has 4 aromatic rings. The number of amides is 1. The van der Waals surface area contributed by atoms with E-state index >= 15 is 0 Å². The normalized spacial score (nSPS) is 13.8. The van der Waals surface area contributed by atoms with E-state index in [-0.39, 0.29) is 5.91 Å². The second-order valence-corrected chi connectivity index (χ2v) is 7.84. The van der Waals surface area contributed by atoms with Gasteiger partial charge in [0, 0.05) is 25.0 Å². The number of aryl methyl sites for hydroxylation is 1. The van der Waals surface area contributed by atoms with Gasteiger partial charge in [-0.3, -0.25) is 9.69 Å². The fourth-order valence-electron chi connectivity index (χ4n) is 3.31. The second kappa shape index (κ2) is 6.42. The average Bonchev–Trinajstić information content (AvgIpc) is 3.36. The maximum Gasteiger partial charge on any atom is 0.279 e. The van der Waals surface area contributed by atoms with Crippen molar-refractivity contribution in [1.82, 2.24) is 15.0 Å². The fourth-order valence-corrected chi connectivity index (χ4v) is 4.18. The summed E-state index contributed by atoms with van der Waals surface area (Å²) in [6.45, 7) is 3.11. The lowest BCUT2D eigenvalue weighted by Crippen LogP contribution is -2.44. The van der Waals surface area contributed by atoms with Crippen LogP contribution in [0.4, 0.5) is 11.6 Å². The quantitative estimate of drug-likeness (QED) is 0.518. The van der Waals surface area contributed by atoms with Crippen molar-refractivity contribution in [2.24, 2.45) is 0 Å². The van der Waals surface area contributed by atoms with Crippen LogP contribution in [0.15, 0.2) is 47.1 Å². The number of rotatable bonds is 2. The Balaban J connectivity index is 1.58. The van der Waals surface area contributed by atoms with Gasteiger partial charge in [-0.2, -0.15) is 0 Å². The summed E-state index contributed by atoms with van der Waals surface area (Å²) in [5.41, 5.74) is 2.01. The van der Waals surface area contributed by atoms with Gasteiger partial charge in [-0.1, -0.05) is 12.1 Å². The standard InChI is InChI=1S/C20H17N5O2S/c1-12-16(23-19(28-12)15-8-5-11-27-15)20(26)25-10-9-24(2)17-18(25)22-14-7-4-3-6-13(14)21-17/h3-8,11H,9-10H2,1-2H3. The number of benzene rings is 1. The monoisotopic (exact) mass is 391 g/mol. The zero-order chi connectivity index (χ0) is 19.3. The summed E-state index contributed by atoms with van der Waals surface area (Å²) < 4.78 is 5.43. The topological polar surface area (TPSA) is 75.4 Å². The largest absolute Gasteiger partial charge is 0.462 e. The van der Waals surface area contributed by atoms with Gasteiger partial charge in [-0.25, -0.2) is 15.0 Å². The first-order valence-electron chi connectivity index (χ1n) is 8.93. The Kier molecular flexibility index (Phi) is 3.87. The highest BCUT2D eigenvalue weighted by Crippen LogP contribution is 2.34. The third-order valence-electron chi connectivity index (χ3n) is 4.79. The molecule has 1 aromatic carbocycles. The summed E-state index contributed by atoms with van der Waals surface area (Å²) in [5.74, 6) is 1.78. The number of hydrogen-bond donors (Lipinski definition) is 0. The number of anilines is 2. The maximum absolute atomic E-state index is 13.4. The molecular formula is C20H17N5O2S. The van der Waals surface area contributed by atoms with Crippen LogP contribution in [0, 0.1) is 6.92 Å². The molecule has 0 radical (unpaired) electrons. The van der Waals surface area contributed by atoms with Gasteiger partial charge in [0.25, 0.3) is 5.91 Å². The number of likely N-dealkylation sites (N-methyl/N-ethyl adjacent to an activating group) is 1. The zero-order valence-corrected chi connectivity index (χ0v) is 16.2. The van der Waals surface area contributed by atoms with Crippen molar-refractivity contribution in [3.63, 3.8) is 0 Å². The Morgan fingerprint density at radius 1 is 1.04 bits per heavy atom. The van der Waals surface area contributed by atoms with Crippen LogP contribution in [0.1, 0.15) is 15.4 Å². The van der Waals surface area contributed by atoms with Crippen LogP contribution >= 0.6 is 11.3 Å². The SMILES string of the molecule is Cc1sc(-c2ccco2)nc1C(=O)N1CCN(C)c2nc3ccccc3nc21. The molecule has 8 heteroatoms. The van der Waals surface area contributed by atoms with Gasteiger partial charge in [0.05, 0.1) is 17.3 Å². The van der Waals surface area contributed by atoms with Crippen molar-refractivity contribution in [3.05, 3.63) is 53.2 Å². The maximum atomic E-state index is 13.4. The Morgan fingerprint density at radius 3 is 2.50 bits per heavy atom. The number of para-hydroxylation sites is 2. The molecule has 1 aliphatic rings. The Hall–Kier alpha value is -3.26. The summed E-state index contributed by atoms with van der Waals surface area (Å²) in [4.78, 5) is 31.9. The van der Waals surface area contributed by atoms with Crippen molar-refractivity contribution in [1.29, 1.82) is 0 Å². The predicted molar refractivity (Wildman–Crippen MR) is 109 cm³/mol. The summed E-state index contributed by atoms with van der Waals surface area (Å²) in [6.07, 6.45) is 1.60. The third-order valence-corrected chi connectivity index (χ3v) is 5.77. The number of thiazole rings is 1. The average molecular weight is 391 g/mol. The third kappa shape index (κ3) is 2.65. The van der Waals surface area contributed by atoms with Crippen molar-refractivity contribution in [2.45, 2.75) is 6.92 Å². The van der Waals surface area contributed by atoms with Crippen LogP contribution in [0.2, 0.25) is 0 Å². The molecule has 0 saturated heterocycles. The highest BCUT2D eigenvalue weighted by atomic mass is 32.1. The van der Waals surface area contributed by atoms with Gasteiger partial charge in [0.2, 0.25) is 0 Å². The van der Waals surface area contributed by atoms with E-state index in [1.807, 2.05) is 55.3 Å². The van der Waals surface area contributed by atoms with Crippen molar-refractivity contribution >= 4 is 39.9 Å². The number of carbonyl (C=O) groups excluding carboxylic acids is 1. The molecule has 4 heterocycles. The molecule has 0 spiro atoms. The van der Waals surface area contributed by atoms with Crippen LogP contribution < -0.4 is 9.80 Å². The molecular weight excluding hydrogens is 374 g/mol. The molecule has 0 bridgehead atoms. The first kappa shape index (κ1) is 16.9. The number of aromatic nitrogens is 3. The van der Waals surface area contributed by atoms with Gasteiger partial charge < -0.3 is 9.32 Å². The first-order chi connectivity index (χ1) is 13.6. The molecule has 1 aliphatic heterocycles. The molecule has 5 rings (SSSR count). The van der Waals surface area contributed by atoms with Crippen LogP contribution in [-0.4, -0.2) is 41.0 Å². The molecule has 0 aliphatic carbocycles.